The maximum atomic E-state index is 13.6. The Morgan fingerprint density at radius 2 is 1.79 bits per heavy atom. The summed E-state index contributed by atoms with van der Waals surface area (Å²) in [7, 11) is 0. The highest BCUT2D eigenvalue weighted by atomic mass is 32.1. The van der Waals surface area contributed by atoms with Gasteiger partial charge in [-0.1, -0.05) is 17.3 Å². The lowest BCUT2D eigenvalue weighted by atomic mass is 9.94. The van der Waals surface area contributed by atoms with E-state index in [2.05, 4.69) is 15.5 Å². The molecule has 6 nitrogen and oxygen atoms in total. The summed E-state index contributed by atoms with van der Waals surface area (Å²) in [5.74, 6) is -0.00147. The summed E-state index contributed by atoms with van der Waals surface area (Å²) in [5, 5.41) is 8.02. The predicted octanol–water partition coefficient (Wildman–Crippen LogP) is 4.86. The topological polar surface area (TPSA) is 63.4 Å². The van der Waals surface area contributed by atoms with Crippen LogP contribution in [0.15, 0.2) is 58.8 Å². The van der Waals surface area contributed by atoms with Gasteiger partial charge in [-0.15, -0.1) is 0 Å². The number of allylic oxidation sites excluding steroid dienone is 1. The monoisotopic (exact) mass is 468 g/mol. The molecule has 2 aromatic carbocycles. The number of benzene rings is 2. The van der Waals surface area contributed by atoms with Crippen LogP contribution in [0.25, 0.3) is 17.0 Å². The number of rotatable bonds is 5. The molecule has 33 heavy (non-hydrogen) atoms. The van der Waals surface area contributed by atoms with E-state index in [-0.39, 0.29) is 17.7 Å². The fourth-order valence-electron chi connectivity index (χ4n) is 4.22. The van der Waals surface area contributed by atoms with E-state index >= 15 is 0 Å². The maximum absolute atomic E-state index is 13.6. The molecule has 5 rings (SSSR count). The lowest BCUT2D eigenvalue weighted by Crippen LogP contribution is -2.48. The fourth-order valence-corrected chi connectivity index (χ4v) is 4.55. The third kappa shape index (κ3) is 4.38. The molecule has 0 saturated carbocycles. The van der Waals surface area contributed by atoms with Gasteiger partial charge in [-0.25, -0.2) is 8.78 Å². The minimum absolute atomic E-state index is 0.0841. The molecule has 1 aromatic heterocycles. The molecular weight excluding hydrogens is 446 g/mol. The van der Waals surface area contributed by atoms with Gasteiger partial charge < -0.3 is 19.5 Å². The van der Waals surface area contributed by atoms with Crippen LogP contribution in [0.5, 0.6) is 0 Å². The molecule has 170 valence electrons. The third-order valence-electron chi connectivity index (χ3n) is 5.97. The first-order valence-corrected chi connectivity index (χ1v) is 11.2. The van der Waals surface area contributed by atoms with E-state index in [1.165, 1.54) is 24.3 Å². The second-order valence-corrected chi connectivity index (χ2v) is 8.50. The molecule has 0 aliphatic carbocycles. The number of thiocarbonyl (C=S) groups is 1. The molecule has 0 radical (unpaired) electrons. The van der Waals surface area contributed by atoms with Crippen molar-refractivity contribution in [2.75, 3.05) is 13.2 Å². The summed E-state index contributed by atoms with van der Waals surface area (Å²) < 4.78 is 38.4. The molecule has 2 aliphatic rings. The van der Waals surface area contributed by atoms with Crippen LogP contribution in [0.2, 0.25) is 0 Å². The first-order valence-electron chi connectivity index (χ1n) is 10.8. The highest BCUT2D eigenvalue weighted by molar-refractivity contribution is 7.80. The fraction of sp³-hybridized carbons (Fsp3) is 0.292. The Kier molecular flexibility index (Phi) is 5.90. The van der Waals surface area contributed by atoms with Crippen molar-refractivity contribution in [2.45, 2.75) is 31.9 Å². The molecular formula is C24H22F2N4O2S. The van der Waals surface area contributed by atoms with Gasteiger partial charge >= 0.3 is 0 Å². The minimum Gasteiger partial charge on any atom is -0.376 e. The van der Waals surface area contributed by atoms with Crippen molar-refractivity contribution < 1.29 is 18.0 Å². The largest absolute Gasteiger partial charge is 0.376 e. The Morgan fingerprint density at radius 3 is 2.45 bits per heavy atom. The first-order chi connectivity index (χ1) is 16.0. The molecule has 2 unspecified atom stereocenters. The van der Waals surface area contributed by atoms with Gasteiger partial charge in [0.15, 0.2) is 5.11 Å². The standard InChI is InChI=1S/C24H22F2N4O2S/c1-14-20(23-28-22(29-32-23)16-6-10-18(26)11-7-16)21(15-4-8-17(25)9-5-15)27-24(33)30(14)13-19-3-2-12-31-19/h4-11,19,21H,2-3,12-13H2,1H3,(H,27,33). The van der Waals surface area contributed by atoms with Crippen LogP contribution in [-0.2, 0) is 4.74 Å². The Hall–Kier alpha value is -3.17. The van der Waals surface area contributed by atoms with E-state index in [1.54, 1.807) is 24.3 Å². The van der Waals surface area contributed by atoms with Crippen molar-refractivity contribution in [2.24, 2.45) is 0 Å². The number of nitrogens with zero attached hydrogens (tertiary/aromatic N) is 3. The zero-order valence-electron chi connectivity index (χ0n) is 17.9. The molecule has 1 saturated heterocycles. The van der Waals surface area contributed by atoms with Gasteiger partial charge in [0.05, 0.1) is 24.3 Å². The van der Waals surface area contributed by atoms with E-state index in [4.69, 9.17) is 21.5 Å². The van der Waals surface area contributed by atoms with Gasteiger partial charge in [-0.05, 0) is 73.9 Å². The molecule has 0 spiro atoms. The lowest BCUT2D eigenvalue weighted by Gasteiger charge is -2.38. The summed E-state index contributed by atoms with van der Waals surface area (Å²) >= 11 is 5.69. The van der Waals surface area contributed by atoms with Gasteiger partial charge in [0.25, 0.3) is 5.89 Å². The highest BCUT2D eigenvalue weighted by Gasteiger charge is 2.35. The second kappa shape index (κ2) is 8.99. The Bertz CT molecular complexity index is 1190. The van der Waals surface area contributed by atoms with Crippen molar-refractivity contribution in [3.8, 4) is 11.4 Å². The van der Waals surface area contributed by atoms with Crippen LogP contribution < -0.4 is 5.32 Å². The zero-order valence-corrected chi connectivity index (χ0v) is 18.7. The predicted molar refractivity (Wildman–Crippen MR) is 123 cm³/mol. The summed E-state index contributed by atoms with van der Waals surface area (Å²) in [6.45, 7) is 3.31. The SMILES string of the molecule is CC1=C(c2nc(-c3ccc(F)cc3)no2)C(c2ccc(F)cc2)NC(=S)N1CC1CCCO1. The normalized spacial score (nSPS) is 20.9. The van der Waals surface area contributed by atoms with E-state index < -0.39 is 6.04 Å². The van der Waals surface area contributed by atoms with Crippen molar-refractivity contribution in [3.05, 3.63) is 77.3 Å². The first kappa shape index (κ1) is 21.7. The molecule has 1 fully saturated rings. The molecule has 0 amide bonds. The molecule has 2 atom stereocenters. The number of hydrogen-bond donors (Lipinski definition) is 1. The van der Waals surface area contributed by atoms with Gasteiger partial charge in [0.2, 0.25) is 5.82 Å². The van der Waals surface area contributed by atoms with Crippen LogP contribution in [0.4, 0.5) is 8.78 Å². The van der Waals surface area contributed by atoms with E-state index in [1.807, 2.05) is 11.8 Å². The number of aromatic nitrogens is 2. The smallest absolute Gasteiger partial charge is 0.258 e. The zero-order chi connectivity index (χ0) is 22.9. The molecule has 3 aromatic rings. The maximum Gasteiger partial charge on any atom is 0.258 e. The summed E-state index contributed by atoms with van der Waals surface area (Å²) in [6.07, 6.45) is 2.08. The van der Waals surface area contributed by atoms with Crippen molar-refractivity contribution >= 4 is 22.9 Å². The second-order valence-electron chi connectivity index (χ2n) is 8.11. The molecule has 0 bridgehead atoms. The average Bonchev–Trinajstić information content (AvgIpc) is 3.50. The van der Waals surface area contributed by atoms with Crippen LogP contribution in [0.3, 0.4) is 0 Å². The quantitative estimate of drug-likeness (QED) is 0.537. The number of nitrogens with one attached hydrogen (secondary N) is 1. The number of halogens is 2. The minimum atomic E-state index is -0.402. The number of hydrogen-bond acceptors (Lipinski definition) is 5. The average molecular weight is 469 g/mol. The van der Waals surface area contributed by atoms with Gasteiger partial charge in [-0.2, -0.15) is 4.98 Å². The van der Waals surface area contributed by atoms with Crippen LogP contribution in [0.1, 0.15) is 37.3 Å². The Labute approximate surface area is 195 Å². The van der Waals surface area contributed by atoms with E-state index in [0.29, 0.717) is 28.9 Å². The molecule has 9 heteroatoms. The summed E-state index contributed by atoms with van der Waals surface area (Å²) in [6, 6.07) is 11.7. The van der Waals surface area contributed by atoms with Crippen molar-refractivity contribution in [1.29, 1.82) is 0 Å². The lowest BCUT2D eigenvalue weighted by molar-refractivity contribution is 0.0962. The van der Waals surface area contributed by atoms with Crippen LogP contribution in [0, 0.1) is 11.6 Å². The third-order valence-corrected chi connectivity index (χ3v) is 6.31. The van der Waals surface area contributed by atoms with Gasteiger partial charge in [0.1, 0.15) is 11.6 Å². The summed E-state index contributed by atoms with van der Waals surface area (Å²) in [5.41, 5.74) is 3.05. The number of ether oxygens (including phenoxy) is 1. The molecule has 2 aliphatic heterocycles. The summed E-state index contributed by atoms with van der Waals surface area (Å²) in [4.78, 5) is 6.58. The van der Waals surface area contributed by atoms with Crippen molar-refractivity contribution in [1.82, 2.24) is 20.4 Å². The van der Waals surface area contributed by atoms with E-state index in [0.717, 1.165) is 36.3 Å². The van der Waals surface area contributed by atoms with Crippen LogP contribution >= 0.6 is 12.2 Å². The van der Waals surface area contributed by atoms with Gasteiger partial charge in [0, 0.05) is 17.9 Å². The highest BCUT2D eigenvalue weighted by Crippen LogP contribution is 2.38. The van der Waals surface area contributed by atoms with E-state index in [9.17, 15) is 8.78 Å². The Morgan fingerprint density at radius 1 is 1.09 bits per heavy atom. The van der Waals surface area contributed by atoms with Gasteiger partial charge in [-0.3, -0.25) is 0 Å². The van der Waals surface area contributed by atoms with Crippen molar-refractivity contribution in [3.63, 3.8) is 0 Å². The van der Waals surface area contributed by atoms with Crippen LogP contribution in [-0.4, -0.2) is 39.4 Å². The molecule has 1 N–H and O–H groups in total. The Balaban J connectivity index is 1.56. The molecule has 3 heterocycles.